The quantitative estimate of drug-likeness (QED) is 0.660. The standard InChI is InChI=1S/C16H19N3O/c1-12-6-8-15(19(12)2)11-18-16(20)9-7-13-4-3-5-14(17)10-13/h3-10H,11,17H2,1-2H3,(H,18,20)/b9-7+. The summed E-state index contributed by atoms with van der Waals surface area (Å²) < 4.78 is 2.06. The van der Waals surface area contributed by atoms with E-state index in [0.29, 0.717) is 12.2 Å². The zero-order valence-electron chi connectivity index (χ0n) is 11.8. The van der Waals surface area contributed by atoms with E-state index in [2.05, 4.69) is 9.88 Å². The Morgan fingerprint density at radius 2 is 2.15 bits per heavy atom. The minimum Gasteiger partial charge on any atom is -0.399 e. The third kappa shape index (κ3) is 3.51. The van der Waals surface area contributed by atoms with Crippen molar-refractivity contribution in [2.45, 2.75) is 13.5 Å². The molecule has 3 N–H and O–H groups in total. The summed E-state index contributed by atoms with van der Waals surface area (Å²) in [7, 11) is 1.99. The summed E-state index contributed by atoms with van der Waals surface area (Å²) in [5, 5.41) is 2.86. The van der Waals surface area contributed by atoms with Gasteiger partial charge in [-0.2, -0.15) is 0 Å². The Morgan fingerprint density at radius 1 is 1.35 bits per heavy atom. The van der Waals surface area contributed by atoms with Crippen LogP contribution in [0.5, 0.6) is 0 Å². The van der Waals surface area contributed by atoms with E-state index in [-0.39, 0.29) is 5.91 Å². The Bertz CT molecular complexity index is 641. The Labute approximate surface area is 118 Å². The molecule has 0 spiro atoms. The lowest BCUT2D eigenvalue weighted by atomic mass is 10.2. The molecule has 0 atom stereocenters. The van der Waals surface area contributed by atoms with Crippen LogP contribution in [0.25, 0.3) is 6.08 Å². The van der Waals surface area contributed by atoms with Crippen LogP contribution in [0.4, 0.5) is 5.69 Å². The van der Waals surface area contributed by atoms with Crippen molar-refractivity contribution in [3.63, 3.8) is 0 Å². The van der Waals surface area contributed by atoms with Crippen molar-refractivity contribution in [3.05, 3.63) is 59.4 Å². The van der Waals surface area contributed by atoms with E-state index in [1.54, 1.807) is 6.08 Å². The fraction of sp³-hybridized carbons (Fsp3) is 0.188. The number of nitrogen functional groups attached to an aromatic ring is 1. The van der Waals surface area contributed by atoms with Crippen LogP contribution in [0, 0.1) is 6.92 Å². The number of rotatable bonds is 4. The number of benzene rings is 1. The van der Waals surface area contributed by atoms with Gasteiger partial charge >= 0.3 is 0 Å². The van der Waals surface area contributed by atoms with E-state index in [4.69, 9.17) is 5.73 Å². The highest BCUT2D eigenvalue weighted by Gasteiger charge is 2.02. The van der Waals surface area contributed by atoms with Crippen molar-refractivity contribution in [3.8, 4) is 0 Å². The summed E-state index contributed by atoms with van der Waals surface area (Å²) in [6.45, 7) is 2.55. The van der Waals surface area contributed by atoms with Gasteiger partial charge in [0, 0.05) is 30.2 Å². The molecule has 0 fully saturated rings. The topological polar surface area (TPSA) is 60.1 Å². The molecule has 1 aromatic heterocycles. The zero-order valence-corrected chi connectivity index (χ0v) is 11.8. The lowest BCUT2D eigenvalue weighted by Gasteiger charge is -2.05. The molecule has 0 saturated heterocycles. The second-order valence-corrected chi connectivity index (χ2v) is 4.75. The van der Waals surface area contributed by atoms with Crippen molar-refractivity contribution in [2.75, 3.05) is 5.73 Å². The van der Waals surface area contributed by atoms with Gasteiger partial charge in [-0.3, -0.25) is 4.79 Å². The Kier molecular flexibility index (Phi) is 4.25. The summed E-state index contributed by atoms with van der Waals surface area (Å²) >= 11 is 0. The average molecular weight is 269 g/mol. The first kappa shape index (κ1) is 13.9. The lowest BCUT2D eigenvalue weighted by molar-refractivity contribution is -0.116. The summed E-state index contributed by atoms with van der Waals surface area (Å²) in [6.07, 6.45) is 3.27. The van der Waals surface area contributed by atoms with Gasteiger partial charge in [0.05, 0.1) is 6.54 Å². The van der Waals surface area contributed by atoms with Crippen molar-refractivity contribution in [1.82, 2.24) is 9.88 Å². The van der Waals surface area contributed by atoms with Crippen molar-refractivity contribution in [1.29, 1.82) is 0 Å². The van der Waals surface area contributed by atoms with Gasteiger partial charge in [0.25, 0.3) is 0 Å². The molecule has 0 bridgehead atoms. The van der Waals surface area contributed by atoms with Crippen LogP contribution >= 0.6 is 0 Å². The van der Waals surface area contributed by atoms with Gasteiger partial charge in [-0.15, -0.1) is 0 Å². The predicted molar refractivity (Wildman–Crippen MR) is 81.9 cm³/mol. The van der Waals surface area contributed by atoms with Gasteiger partial charge in [-0.1, -0.05) is 12.1 Å². The van der Waals surface area contributed by atoms with E-state index >= 15 is 0 Å². The summed E-state index contributed by atoms with van der Waals surface area (Å²) in [5.41, 5.74) is 9.53. The number of nitrogens with two attached hydrogens (primary N) is 1. The van der Waals surface area contributed by atoms with Crippen LogP contribution < -0.4 is 11.1 Å². The maximum atomic E-state index is 11.8. The molecule has 20 heavy (non-hydrogen) atoms. The third-order valence-corrected chi connectivity index (χ3v) is 3.26. The van der Waals surface area contributed by atoms with Gasteiger partial charge in [-0.05, 0) is 42.8 Å². The van der Waals surface area contributed by atoms with E-state index in [1.165, 1.54) is 11.8 Å². The van der Waals surface area contributed by atoms with E-state index in [1.807, 2.05) is 50.4 Å². The molecular formula is C16H19N3O. The van der Waals surface area contributed by atoms with Crippen LogP contribution in [0.3, 0.4) is 0 Å². The van der Waals surface area contributed by atoms with Crippen molar-refractivity contribution < 1.29 is 4.79 Å². The number of amides is 1. The predicted octanol–water partition coefficient (Wildman–Crippen LogP) is 2.25. The Hall–Kier alpha value is -2.49. The molecule has 2 aromatic rings. The second-order valence-electron chi connectivity index (χ2n) is 4.75. The van der Waals surface area contributed by atoms with Crippen LogP contribution in [-0.2, 0) is 18.4 Å². The molecule has 0 aliphatic rings. The molecule has 0 aliphatic carbocycles. The first-order valence-electron chi connectivity index (χ1n) is 6.49. The highest BCUT2D eigenvalue weighted by Crippen LogP contribution is 2.08. The summed E-state index contributed by atoms with van der Waals surface area (Å²) in [4.78, 5) is 11.8. The molecule has 1 amide bonds. The van der Waals surface area contributed by atoms with Crippen LogP contribution in [0.15, 0.2) is 42.5 Å². The van der Waals surface area contributed by atoms with Crippen LogP contribution in [-0.4, -0.2) is 10.5 Å². The summed E-state index contributed by atoms with van der Waals surface area (Å²) in [5.74, 6) is -0.119. The number of nitrogens with one attached hydrogen (secondary N) is 1. The number of carbonyl (C=O) groups excluding carboxylic acids is 1. The monoisotopic (exact) mass is 269 g/mol. The van der Waals surface area contributed by atoms with Gasteiger partial charge in [-0.25, -0.2) is 0 Å². The van der Waals surface area contributed by atoms with E-state index < -0.39 is 0 Å². The molecule has 4 heteroatoms. The molecular weight excluding hydrogens is 250 g/mol. The summed E-state index contributed by atoms with van der Waals surface area (Å²) in [6, 6.07) is 11.4. The average Bonchev–Trinajstić information content (AvgIpc) is 2.74. The maximum absolute atomic E-state index is 11.8. The van der Waals surface area contributed by atoms with E-state index in [0.717, 1.165) is 11.3 Å². The number of hydrogen-bond acceptors (Lipinski definition) is 2. The Morgan fingerprint density at radius 3 is 2.80 bits per heavy atom. The number of anilines is 1. The fourth-order valence-electron chi connectivity index (χ4n) is 1.92. The first-order chi connectivity index (χ1) is 9.56. The molecule has 1 aromatic carbocycles. The highest BCUT2D eigenvalue weighted by atomic mass is 16.1. The molecule has 0 unspecified atom stereocenters. The first-order valence-corrected chi connectivity index (χ1v) is 6.49. The van der Waals surface area contributed by atoms with Gasteiger partial charge in [0.1, 0.15) is 0 Å². The maximum Gasteiger partial charge on any atom is 0.244 e. The van der Waals surface area contributed by atoms with Gasteiger partial charge < -0.3 is 15.6 Å². The highest BCUT2D eigenvalue weighted by molar-refractivity contribution is 5.91. The number of hydrogen-bond donors (Lipinski definition) is 2. The minimum atomic E-state index is -0.119. The minimum absolute atomic E-state index is 0.119. The smallest absolute Gasteiger partial charge is 0.244 e. The number of carbonyl (C=O) groups is 1. The van der Waals surface area contributed by atoms with Crippen LogP contribution in [0.2, 0.25) is 0 Å². The number of aryl methyl sites for hydroxylation is 1. The lowest BCUT2D eigenvalue weighted by Crippen LogP contribution is -2.21. The zero-order chi connectivity index (χ0) is 14.5. The Balaban J connectivity index is 1.91. The molecule has 0 radical (unpaired) electrons. The third-order valence-electron chi connectivity index (χ3n) is 3.26. The molecule has 1 heterocycles. The fourth-order valence-corrected chi connectivity index (χ4v) is 1.92. The number of aromatic nitrogens is 1. The van der Waals surface area contributed by atoms with Crippen LogP contribution in [0.1, 0.15) is 17.0 Å². The van der Waals surface area contributed by atoms with Crippen molar-refractivity contribution in [2.24, 2.45) is 7.05 Å². The molecule has 0 saturated carbocycles. The molecule has 0 aliphatic heterocycles. The normalized spacial score (nSPS) is 10.9. The SMILES string of the molecule is Cc1ccc(CNC(=O)/C=C/c2cccc(N)c2)n1C. The van der Waals surface area contributed by atoms with E-state index in [9.17, 15) is 4.79 Å². The molecule has 104 valence electrons. The van der Waals surface area contributed by atoms with Gasteiger partial charge in [0.2, 0.25) is 5.91 Å². The molecule has 2 rings (SSSR count). The number of nitrogens with zero attached hydrogens (tertiary/aromatic N) is 1. The van der Waals surface area contributed by atoms with Gasteiger partial charge in [0.15, 0.2) is 0 Å². The molecule has 4 nitrogen and oxygen atoms in total. The largest absolute Gasteiger partial charge is 0.399 e. The second kappa shape index (κ2) is 6.10. The van der Waals surface area contributed by atoms with Crippen molar-refractivity contribution >= 4 is 17.7 Å².